The summed E-state index contributed by atoms with van der Waals surface area (Å²) in [6, 6.07) is 20.1. The standard InChI is InChI=1S/C82H104ClN17O15.C2HF3O2/c1-46(2)36-62(72(105)92-61(17-10-11-34-86-47(3)4)81(114)100-35-13-18-70(100)80(113)88-48(5)71(84)104)93-74(107)65(39-52-22-29-59(30-23-52)89-49(6)102)95-76(109)66(40-53-24-31-60(32-25-53)91-78(111)68-44-87-82(115)99-68)97-79(112)69(45-101)98-77(110)67(42-55-14-12-33-85-43-55)96-75(108)64(38-51-20-27-58(83)28-21-51)94-73(106)63(90-50(7)103)41-54-19-26-56-15-8-9-16-57(56)37-54;3-2(4,5)1(6)7/h8-9,12,14-16,19-33,37,43,46-48,61-70,86,101H,10-11,13,17-18,34-36,38-42,44-45H2,1-7H3,(H2,84,104)(H,88,113)(H,89,102)(H,90,103)(H,91,111)(H,92,105)(H,93,107)(H,94,106)(H,95,109)(H,96,108)(H,97,112)(H,98,110)(H2,87,99,115);(H,6,7)/t48-,61+,62+,63-,64-,65-,66+,67-,68+,69+,70+;/m1./s1. The topological polar surface area (TPSA) is 512 Å². The highest BCUT2D eigenvalue weighted by Gasteiger charge is 2.41. The van der Waals surface area contributed by atoms with Gasteiger partial charge in [-0.2, -0.15) is 13.2 Å². The summed E-state index contributed by atoms with van der Waals surface area (Å²) in [5.41, 5.74) is 6.51. The highest BCUT2D eigenvalue weighted by atomic mass is 35.5. The molecule has 34 nitrogen and oxygen atoms in total. The molecule has 5 aromatic carbocycles. The fraction of sp³-hybridized carbons (Fsp3) is 0.429. The zero-order valence-corrected chi connectivity index (χ0v) is 69.2. The fourth-order valence-corrected chi connectivity index (χ4v) is 13.4. The summed E-state index contributed by atoms with van der Waals surface area (Å²) < 4.78 is 31.5. The van der Waals surface area contributed by atoms with Gasteiger partial charge in [0.15, 0.2) is 0 Å². The largest absolute Gasteiger partial charge is 0.542 e. The second-order valence-electron chi connectivity index (χ2n) is 30.4. The predicted molar refractivity (Wildman–Crippen MR) is 440 cm³/mol. The lowest BCUT2D eigenvalue weighted by atomic mass is 9.99. The van der Waals surface area contributed by atoms with E-state index in [4.69, 9.17) is 21.5 Å². The van der Waals surface area contributed by atoms with Crippen LogP contribution in [0.1, 0.15) is 115 Å². The van der Waals surface area contributed by atoms with Gasteiger partial charge in [0.25, 0.3) is 0 Å². The van der Waals surface area contributed by atoms with Crippen LogP contribution in [0.2, 0.25) is 5.02 Å². The number of hydrogen-bond acceptors (Lipinski definition) is 19. The van der Waals surface area contributed by atoms with Gasteiger partial charge in [-0.15, -0.1) is 0 Å². The third-order valence-electron chi connectivity index (χ3n) is 19.6. The number of alkyl halides is 3. The molecule has 6 aromatic rings. The molecule has 2 fully saturated rings. The molecule has 11 atom stereocenters. The van der Waals surface area contributed by atoms with Crippen LogP contribution in [-0.4, -0.2) is 209 Å². The smallest absolute Gasteiger partial charge is 0.430 e. The number of carboxylic acid groups (broad SMARTS) is 1. The van der Waals surface area contributed by atoms with E-state index in [0.717, 1.165) is 10.8 Å². The Morgan fingerprint density at radius 3 is 1.50 bits per heavy atom. The van der Waals surface area contributed by atoms with Gasteiger partial charge < -0.3 is 94.3 Å². The van der Waals surface area contributed by atoms with Gasteiger partial charge in [0.2, 0.25) is 70.9 Å². The molecule has 122 heavy (non-hydrogen) atoms. The van der Waals surface area contributed by atoms with E-state index in [9.17, 15) is 75.8 Å². The maximum Gasteiger partial charge on any atom is 0.430 e. The Kier molecular flexibility index (Phi) is 37.2. The van der Waals surface area contributed by atoms with E-state index in [0.29, 0.717) is 64.3 Å². The molecule has 2 saturated heterocycles. The van der Waals surface area contributed by atoms with Gasteiger partial charge in [-0.25, -0.2) is 9.59 Å². The molecule has 0 unspecified atom stereocenters. The van der Waals surface area contributed by atoms with Crippen LogP contribution < -0.4 is 85.3 Å². The molecular formula is C84H105ClF3N17O17. The van der Waals surface area contributed by atoms with E-state index in [2.05, 4.69) is 85.2 Å². The first-order valence-corrected chi connectivity index (χ1v) is 40.1. The zero-order chi connectivity index (χ0) is 89.5. The van der Waals surface area contributed by atoms with E-state index in [1.54, 1.807) is 74.5 Å². The van der Waals surface area contributed by atoms with Crippen LogP contribution in [0, 0.1) is 5.92 Å². The Bertz CT molecular complexity index is 4670. The van der Waals surface area contributed by atoms with Gasteiger partial charge in [0.05, 0.1) is 6.61 Å². The van der Waals surface area contributed by atoms with E-state index in [-0.39, 0.29) is 88.0 Å². The number of aliphatic carboxylic acids is 1. The number of nitrogens with zero attached hydrogens (tertiary/aromatic N) is 2. The Hall–Kier alpha value is -12.5. The summed E-state index contributed by atoms with van der Waals surface area (Å²) in [6.45, 7) is 11.3. The molecule has 15 amide bonds. The zero-order valence-electron chi connectivity index (χ0n) is 68.5. The molecule has 0 saturated carbocycles. The third kappa shape index (κ3) is 31.6. The second-order valence-corrected chi connectivity index (χ2v) is 30.9. The molecule has 8 rings (SSSR count). The van der Waals surface area contributed by atoms with Crippen molar-refractivity contribution in [2.75, 3.05) is 36.9 Å². The predicted octanol–water partition coefficient (Wildman–Crippen LogP) is 0.648. The van der Waals surface area contributed by atoms with Crippen molar-refractivity contribution in [2.24, 2.45) is 5.92 Å². The van der Waals surface area contributed by atoms with Crippen molar-refractivity contribution in [3.8, 4) is 0 Å². The number of urea groups is 1. The summed E-state index contributed by atoms with van der Waals surface area (Å²) in [6.07, 6.45) is -1.41. The summed E-state index contributed by atoms with van der Waals surface area (Å²) in [5.74, 6) is -12.9. The van der Waals surface area contributed by atoms with Crippen molar-refractivity contribution in [2.45, 2.75) is 198 Å². The molecule has 0 radical (unpaired) electrons. The molecular weight excluding hydrogens is 1610 g/mol. The number of pyridine rings is 1. The normalized spacial score (nSPS) is 15.8. The van der Waals surface area contributed by atoms with Crippen molar-refractivity contribution < 1.29 is 101 Å². The molecule has 656 valence electrons. The number of aliphatic hydroxyl groups is 1. The maximum atomic E-state index is 15.4. The average Bonchev–Trinajstić information content (AvgIpc) is 1.44. The minimum absolute atomic E-state index is 0.00513. The SMILES string of the molecule is CC(=O)Nc1ccc(C[C@@H](NC(=O)[C@H](Cc2ccc(NC(=O)[C@@H]3CNC(=O)N3)cc2)NC(=O)[C@H](CO)NC(=O)[C@@H](Cc2cccnc2)NC(=O)[C@@H](Cc2ccc(Cl)cc2)NC(=O)[C@@H](Cc2ccc3ccccc3c2)NC(C)=O)C(=O)N[C@@H](CC(C)C)C(=O)N[C@@H](CCCCNC(C)C)C(=O)N2CCC[C@H]2C(=O)N[C@H](C)C([NH3+])=O)cc1.O=C([O-])C(F)(F)F. The molecule has 0 bridgehead atoms. The number of carbonyl (C=O) groups excluding carboxylic acids is 15. The lowest BCUT2D eigenvalue weighted by molar-refractivity contribution is -0.344. The quantitative estimate of drug-likeness (QED) is 0.0234. The summed E-state index contributed by atoms with van der Waals surface area (Å²) in [5, 5.41) is 60.4. The van der Waals surface area contributed by atoms with Crippen molar-refractivity contribution in [3.05, 3.63) is 173 Å². The van der Waals surface area contributed by atoms with E-state index in [1.807, 2.05) is 56.3 Å². The number of carbonyl (C=O) groups is 15. The van der Waals surface area contributed by atoms with Gasteiger partial charge >= 0.3 is 18.1 Å². The highest BCUT2D eigenvalue weighted by molar-refractivity contribution is 6.30. The number of aromatic nitrogens is 1. The van der Waals surface area contributed by atoms with Crippen molar-refractivity contribution in [1.29, 1.82) is 0 Å². The highest BCUT2D eigenvalue weighted by Crippen LogP contribution is 2.24. The van der Waals surface area contributed by atoms with Gasteiger partial charge in [0.1, 0.15) is 72.4 Å². The number of anilines is 2. The Morgan fingerprint density at radius 1 is 0.557 bits per heavy atom. The van der Waals surface area contributed by atoms with Gasteiger partial charge in [-0.1, -0.05) is 124 Å². The van der Waals surface area contributed by atoms with Crippen LogP contribution >= 0.6 is 11.6 Å². The van der Waals surface area contributed by atoms with Crippen LogP contribution in [-0.2, 0) is 99.2 Å². The molecule has 2 aliphatic heterocycles. The lowest BCUT2D eigenvalue weighted by Gasteiger charge is -2.31. The lowest BCUT2D eigenvalue weighted by Crippen LogP contribution is -2.66. The summed E-state index contributed by atoms with van der Waals surface area (Å²) >= 11 is 6.27. The van der Waals surface area contributed by atoms with Crippen LogP contribution in [0.3, 0.4) is 0 Å². The molecule has 3 heterocycles. The number of fused-ring (bicyclic) bond motifs is 1. The number of hydrogen-bond donors (Lipinski definition) is 16. The van der Waals surface area contributed by atoms with Crippen LogP contribution in [0.25, 0.3) is 10.8 Å². The molecule has 0 spiro atoms. The van der Waals surface area contributed by atoms with Crippen molar-refractivity contribution in [3.63, 3.8) is 0 Å². The van der Waals surface area contributed by atoms with Crippen LogP contribution in [0.5, 0.6) is 0 Å². The van der Waals surface area contributed by atoms with Gasteiger partial charge in [0, 0.05) is 93.9 Å². The Morgan fingerprint density at radius 2 is 1.02 bits per heavy atom. The number of aliphatic hydroxyl groups excluding tert-OH is 1. The second kappa shape index (κ2) is 46.9. The minimum atomic E-state index is -5.19. The number of nitrogens with one attached hydrogen (secondary N) is 14. The number of unbranched alkanes of at least 4 members (excludes halogenated alkanes) is 1. The molecule has 0 aliphatic carbocycles. The maximum absolute atomic E-state index is 15.4. The number of likely N-dealkylation sites (tertiary alicyclic amines) is 1. The first-order valence-electron chi connectivity index (χ1n) is 39.7. The molecule has 18 N–H and O–H groups in total. The van der Waals surface area contributed by atoms with E-state index in [1.165, 1.54) is 62.3 Å². The van der Waals surface area contributed by atoms with Crippen molar-refractivity contribution >= 4 is 123 Å². The number of rotatable bonds is 41. The number of amides is 15. The van der Waals surface area contributed by atoms with Crippen LogP contribution in [0.15, 0.2) is 140 Å². The number of benzene rings is 5. The average molecular weight is 1720 g/mol. The Balaban J connectivity index is 0.00000280. The first kappa shape index (κ1) is 96.6. The Labute approximate surface area is 707 Å². The molecule has 1 aromatic heterocycles. The minimum Gasteiger partial charge on any atom is -0.542 e. The monoisotopic (exact) mass is 1720 g/mol. The molecule has 38 heteroatoms. The van der Waals surface area contributed by atoms with E-state index < -0.39 is 162 Å². The van der Waals surface area contributed by atoms with Crippen molar-refractivity contribution in [1.82, 2.24) is 73.7 Å². The third-order valence-corrected chi connectivity index (χ3v) is 19.9. The van der Waals surface area contributed by atoms with Gasteiger partial charge in [-0.05, 0) is 139 Å². The number of quaternary nitrogens is 1. The van der Waals surface area contributed by atoms with Crippen LogP contribution in [0.4, 0.5) is 29.3 Å². The summed E-state index contributed by atoms with van der Waals surface area (Å²) in [4.78, 5) is 210. The first-order chi connectivity index (χ1) is 57.8. The number of halogens is 4. The molecule has 2 aliphatic rings. The van der Waals surface area contributed by atoms with Gasteiger partial charge in [-0.3, -0.25) is 68.3 Å². The fourth-order valence-electron chi connectivity index (χ4n) is 13.3. The number of carboxylic acids is 1. The summed E-state index contributed by atoms with van der Waals surface area (Å²) in [7, 11) is 0. The van der Waals surface area contributed by atoms with E-state index >= 15 is 9.59 Å².